The minimum Gasteiger partial charge on any atom is -0.455 e. The molecule has 0 aliphatic heterocycles. The minimum absolute atomic E-state index is 0.244. The third-order valence-corrected chi connectivity index (χ3v) is 6.92. The number of pyridine rings is 1. The van der Waals surface area contributed by atoms with E-state index >= 15 is 0 Å². The number of rotatable bonds is 2. The zero-order chi connectivity index (χ0) is 29.6. The number of hydrogen-bond donors (Lipinski definition) is 0. The maximum atomic E-state index is 8.03. The second-order valence-corrected chi connectivity index (χ2v) is 9.38. The third-order valence-electron chi connectivity index (χ3n) is 6.92. The summed E-state index contributed by atoms with van der Waals surface area (Å²) in [6.07, 6.45) is 1.68. The first kappa shape index (κ1) is 15.6. The van der Waals surface area contributed by atoms with Gasteiger partial charge in [-0.1, -0.05) is 48.0 Å². The molecule has 0 fully saturated rings. The molecule has 0 amide bonds. The van der Waals surface area contributed by atoms with E-state index in [0.717, 1.165) is 43.8 Å². The highest BCUT2D eigenvalue weighted by molar-refractivity contribution is 6.12. The molecule has 4 aromatic carbocycles. The Labute approximate surface area is 217 Å². The number of para-hydroxylation sites is 1. The van der Waals surface area contributed by atoms with Crippen molar-refractivity contribution in [2.45, 2.75) is 27.6 Å². The number of benzene rings is 4. The molecule has 0 unspecified atom stereocenters. The highest BCUT2D eigenvalue weighted by atomic mass is 16.3. The summed E-state index contributed by atoms with van der Waals surface area (Å²) >= 11 is 0. The van der Waals surface area contributed by atoms with Crippen molar-refractivity contribution in [2.24, 2.45) is 0 Å². The largest absolute Gasteiger partial charge is 0.455 e. The second kappa shape index (κ2) is 7.56. The van der Waals surface area contributed by atoms with Crippen LogP contribution in [0.2, 0.25) is 0 Å². The van der Waals surface area contributed by atoms with Crippen LogP contribution < -0.4 is 0 Å². The second-order valence-electron chi connectivity index (χ2n) is 9.38. The van der Waals surface area contributed by atoms with Crippen molar-refractivity contribution in [1.82, 2.24) is 4.98 Å². The van der Waals surface area contributed by atoms with Crippen molar-refractivity contribution >= 4 is 43.9 Å². The molecular weight excluding hydrogens is 442 g/mol. The first-order valence-electron chi connectivity index (χ1n) is 14.8. The molecule has 0 aliphatic rings. The van der Waals surface area contributed by atoms with Crippen LogP contribution >= 0.6 is 0 Å². The van der Waals surface area contributed by atoms with Gasteiger partial charge in [-0.05, 0) is 85.7 Å². The monoisotopic (exact) mass is 473 g/mol. The van der Waals surface area contributed by atoms with Gasteiger partial charge in [0.25, 0.3) is 0 Å². The van der Waals surface area contributed by atoms with E-state index in [4.69, 9.17) is 22.0 Å². The van der Waals surface area contributed by atoms with Gasteiger partial charge in [0, 0.05) is 35.3 Å². The lowest BCUT2D eigenvalue weighted by Crippen LogP contribution is -1.85. The molecule has 0 spiro atoms. The molecule has 0 atom stereocenters. The van der Waals surface area contributed by atoms with Crippen LogP contribution in [0.5, 0.6) is 0 Å². The van der Waals surface area contributed by atoms with E-state index in [1.807, 2.05) is 68.4 Å². The molecule has 0 bridgehead atoms. The molecule has 3 heterocycles. The molecule has 174 valence electrons. The van der Waals surface area contributed by atoms with E-state index in [1.165, 1.54) is 0 Å². The minimum atomic E-state index is -2.24. The van der Waals surface area contributed by atoms with Gasteiger partial charge >= 0.3 is 0 Å². The van der Waals surface area contributed by atoms with Crippen LogP contribution in [0.4, 0.5) is 0 Å². The number of hydrogen-bond acceptors (Lipinski definition) is 3. The van der Waals surface area contributed by atoms with Crippen LogP contribution in [0.25, 0.3) is 66.3 Å². The number of aryl methyl sites for hydroxylation is 4. The number of fused-ring (bicyclic) bond motifs is 6. The lowest BCUT2D eigenvalue weighted by Gasteiger charge is -2.07. The van der Waals surface area contributed by atoms with Gasteiger partial charge in [0.1, 0.15) is 16.7 Å². The van der Waals surface area contributed by atoms with Crippen molar-refractivity contribution in [3.05, 3.63) is 101 Å². The van der Waals surface area contributed by atoms with Crippen LogP contribution in [0.15, 0.2) is 87.8 Å². The van der Waals surface area contributed by atoms with E-state index < -0.39 is 13.7 Å². The molecule has 7 rings (SSSR count). The summed E-state index contributed by atoms with van der Waals surface area (Å²) in [6, 6.07) is 22.3. The van der Waals surface area contributed by atoms with Gasteiger partial charge < -0.3 is 8.83 Å². The molecule has 36 heavy (non-hydrogen) atoms. The predicted octanol–water partition coefficient (Wildman–Crippen LogP) is 9.45. The summed E-state index contributed by atoms with van der Waals surface area (Å²) in [5.41, 5.74) is 7.57. The van der Waals surface area contributed by atoms with Crippen LogP contribution in [-0.2, 0) is 0 Å². The first-order valence-corrected chi connectivity index (χ1v) is 11.8. The fourth-order valence-corrected chi connectivity index (χ4v) is 5.24. The molecule has 3 heteroatoms. The van der Waals surface area contributed by atoms with Gasteiger partial charge in [0.05, 0.1) is 11.9 Å². The molecule has 3 aromatic heterocycles. The SMILES string of the molecule is [2H]C([2H])([2H])c1cc(C)c2c(c1)oc1c(-c3cc4c(cn3)oc3cc(-c5ccc(C)cc5C([2H])([2H])[2H])ccc34)cccc12. The highest BCUT2D eigenvalue weighted by Gasteiger charge is 2.17. The fourth-order valence-electron chi connectivity index (χ4n) is 5.24. The molecule has 0 aliphatic carbocycles. The molecular formula is C33H25NO2. The molecule has 7 aromatic rings. The van der Waals surface area contributed by atoms with Crippen molar-refractivity contribution in [3.63, 3.8) is 0 Å². The van der Waals surface area contributed by atoms with Crippen LogP contribution in [0, 0.1) is 27.6 Å². The quantitative estimate of drug-likeness (QED) is 0.251. The Kier molecular flexibility index (Phi) is 3.27. The van der Waals surface area contributed by atoms with Crippen LogP contribution in [0.1, 0.15) is 30.5 Å². The van der Waals surface area contributed by atoms with Crippen molar-refractivity contribution in [3.8, 4) is 22.4 Å². The Morgan fingerprint density at radius 3 is 2.47 bits per heavy atom. The molecule has 0 saturated heterocycles. The zero-order valence-corrected chi connectivity index (χ0v) is 19.8. The maximum absolute atomic E-state index is 8.03. The lowest BCUT2D eigenvalue weighted by atomic mass is 9.97. The van der Waals surface area contributed by atoms with Crippen molar-refractivity contribution in [2.75, 3.05) is 0 Å². The van der Waals surface area contributed by atoms with Crippen LogP contribution in [0.3, 0.4) is 0 Å². The summed E-state index contributed by atoms with van der Waals surface area (Å²) in [5, 5.41) is 3.53. The van der Waals surface area contributed by atoms with Crippen molar-refractivity contribution in [1.29, 1.82) is 0 Å². The maximum Gasteiger partial charge on any atom is 0.153 e. The third kappa shape index (κ3) is 3.09. The normalized spacial score (nSPS) is 15.1. The zero-order valence-electron chi connectivity index (χ0n) is 25.8. The summed E-state index contributed by atoms with van der Waals surface area (Å²) in [6.45, 7) is -0.697. The fraction of sp³-hybridized carbons (Fsp3) is 0.121. The number of aromatic nitrogens is 1. The Morgan fingerprint density at radius 2 is 1.58 bits per heavy atom. The van der Waals surface area contributed by atoms with Gasteiger partial charge in [-0.25, -0.2) is 0 Å². The molecule has 0 radical (unpaired) electrons. The summed E-state index contributed by atoms with van der Waals surface area (Å²) in [4.78, 5) is 4.69. The van der Waals surface area contributed by atoms with E-state index in [1.54, 1.807) is 24.4 Å². The molecule has 3 nitrogen and oxygen atoms in total. The average molecular weight is 474 g/mol. The lowest BCUT2D eigenvalue weighted by molar-refractivity contribution is 0.666. The summed E-state index contributed by atoms with van der Waals surface area (Å²) in [7, 11) is 0. The molecule has 0 saturated carbocycles. The van der Waals surface area contributed by atoms with E-state index in [9.17, 15) is 0 Å². The first-order chi connectivity index (χ1) is 19.9. The topological polar surface area (TPSA) is 39.2 Å². The predicted molar refractivity (Wildman–Crippen MR) is 149 cm³/mol. The summed E-state index contributed by atoms with van der Waals surface area (Å²) < 4.78 is 60.1. The Morgan fingerprint density at radius 1 is 0.667 bits per heavy atom. The summed E-state index contributed by atoms with van der Waals surface area (Å²) in [5.74, 6) is 0. The van der Waals surface area contributed by atoms with Crippen LogP contribution in [-0.4, -0.2) is 4.98 Å². The number of furan rings is 2. The van der Waals surface area contributed by atoms with Gasteiger partial charge in [-0.3, -0.25) is 4.98 Å². The average Bonchev–Trinajstić information content (AvgIpc) is 3.49. The molecule has 0 N–H and O–H groups in total. The van der Waals surface area contributed by atoms with Gasteiger partial charge in [-0.2, -0.15) is 0 Å². The number of nitrogens with zero attached hydrogens (tertiary/aromatic N) is 1. The van der Waals surface area contributed by atoms with Gasteiger partial charge in [0.2, 0.25) is 0 Å². The Hall–Kier alpha value is -4.37. The Balaban J connectivity index is 1.38. The standard InChI is InChI=1S/C33H25NO2/c1-18-8-10-23(20(3)12-18)22-9-11-24-27-16-28(34-17-31(27)35-29(24)15-22)25-6-5-7-26-32-21(4)13-19(2)14-30(32)36-33(25)26/h5-17H,1-4H3/i2D3,3D3. The van der Waals surface area contributed by atoms with Crippen molar-refractivity contribution < 1.29 is 17.1 Å². The van der Waals surface area contributed by atoms with Gasteiger partial charge in [-0.15, -0.1) is 0 Å². The smallest absolute Gasteiger partial charge is 0.153 e. The van der Waals surface area contributed by atoms with E-state index in [2.05, 4.69) is 0 Å². The Bertz CT molecular complexity index is 2200. The highest BCUT2D eigenvalue weighted by Crippen LogP contribution is 2.39. The van der Waals surface area contributed by atoms with Gasteiger partial charge in [0.15, 0.2) is 5.58 Å². The van der Waals surface area contributed by atoms with E-state index in [0.29, 0.717) is 39.2 Å². The van der Waals surface area contributed by atoms with E-state index in [-0.39, 0.29) is 5.56 Å².